The van der Waals surface area contributed by atoms with Gasteiger partial charge in [0.25, 0.3) is 0 Å². The zero-order chi connectivity index (χ0) is 37.8. The highest BCUT2D eigenvalue weighted by molar-refractivity contribution is 5.92. The summed E-state index contributed by atoms with van der Waals surface area (Å²) in [7, 11) is 0. The molecule has 0 radical (unpaired) electrons. The fourth-order valence-corrected chi connectivity index (χ4v) is 8.63. The number of ether oxygens (including phenoxy) is 2. The van der Waals surface area contributed by atoms with E-state index < -0.39 is 5.41 Å². The Morgan fingerprint density at radius 3 is 1.75 bits per heavy atom. The summed E-state index contributed by atoms with van der Waals surface area (Å²) >= 11 is 0. The number of hydrogen-bond donors (Lipinski definition) is 0. The standard InChI is InChI=1S/C52H33N3O2/c1-4-16-34(17-5-1)44-33-45(43-26-14-15-31-53-43)55-51(54-44)39-23-11-10-22-38(39)35-27-29-46-48(32-35)57-50-47(56-46)30-28-42-49(50)40-24-12-13-25-41(40)52(42,36-18-6-2-7-19-36)37-20-8-3-9-21-37/h1-33H. The molecule has 0 atom stereocenters. The second kappa shape index (κ2) is 13.3. The number of fused-ring (bicyclic) bond motifs is 6. The van der Waals surface area contributed by atoms with Gasteiger partial charge >= 0.3 is 0 Å². The summed E-state index contributed by atoms with van der Waals surface area (Å²) < 4.78 is 13.7. The molecule has 57 heavy (non-hydrogen) atoms. The molecule has 268 valence electrons. The Balaban J connectivity index is 1.05. The molecule has 0 fully saturated rings. The average molecular weight is 732 g/mol. The Bertz CT molecular complexity index is 2850. The van der Waals surface area contributed by atoms with E-state index in [4.69, 9.17) is 19.4 Å². The zero-order valence-corrected chi connectivity index (χ0v) is 30.7. The number of benzene rings is 7. The first-order valence-electron chi connectivity index (χ1n) is 19.1. The van der Waals surface area contributed by atoms with Crippen LogP contribution in [0.25, 0.3) is 56.3 Å². The second-order valence-corrected chi connectivity index (χ2v) is 14.3. The van der Waals surface area contributed by atoms with Gasteiger partial charge in [0.2, 0.25) is 0 Å². The van der Waals surface area contributed by atoms with Crippen LogP contribution in [0.1, 0.15) is 22.3 Å². The average Bonchev–Trinajstić information content (AvgIpc) is 3.61. The van der Waals surface area contributed by atoms with E-state index in [0.29, 0.717) is 28.8 Å². The number of hydrogen-bond acceptors (Lipinski definition) is 5. The molecule has 11 rings (SSSR count). The fraction of sp³-hybridized carbons (Fsp3) is 0.0192. The number of nitrogens with zero attached hydrogens (tertiary/aromatic N) is 3. The third kappa shape index (κ3) is 5.28. The lowest BCUT2D eigenvalue weighted by Gasteiger charge is -2.34. The van der Waals surface area contributed by atoms with Crippen LogP contribution in [0, 0.1) is 0 Å². The smallest absolute Gasteiger partial charge is 0.178 e. The van der Waals surface area contributed by atoms with Crippen molar-refractivity contribution in [3.63, 3.8) is 0 Å². The van der Waals surface area contributed by atoms with Gasteiger partial charge in [0.1, 0.15) is 0 Å². The first-order chi connectivity index (χ1) is 28.3. The van der Waals surface area contributed by atoms with Crippen molar-refractivity contribution in [3.05, 3.63) is 223 Å². The SMILES string of the molecule is c1ccc(-c2cc(-c3ccccn3)nc(-c3ccccc3-c3ccc4c(c3)Oc3c(ccc5c3-c3ccccc3C5(c3ccccc3)c3ccccc3)O4)n2)cc1. The van der Waals surface area contributed by atoms with Crippen LogP contribution in [0.5, 0.6) is 23.0 Å². The number of aromatic nitrogens is 3. The summed E-state index contributed by atoms with van der Waals surface area (Å²) in [5.74, 6) is 3.32. The fourth-order valence-electron chi connectivity index (χ4n) is 8.63. The van der Waals surface area contributed by atoms with Crippen LogP contribution in [0.4, 0.5) is 0 Å². The molecular weight excluding hydrogens is 699 g/mol. The van der Waals surface area contributed by atoms with Crippen molar-refractivity contribution >= 4 is 0 Å². The summed E-state index contributed by atoms with van der Waals surface area (Å²) in [5, 5.41) is 0. The van der Waals surface area contributed by atoms with Gasteiger partial charge in [-0.05, 0) is 75.3 Å². The minimum absolute atomic E-state index is 0.545. The lowest BCUT2D eigenvalue weighted by molar-refractivity contribution is 0.360. The maximum atomic E-state index is 7.04. The number of pyridine rings is 1. The molecule has 7 aromatic carbocycles. The van der Waals surface area contributed by atoms with Crippen molar-refractivity contribution in [2.24, 2.45) is 0 Å². The molecule has 0 bridgehead atoms. The maximum Gasteiger partial charge on any atom is 0.178 e. The summed E-state index contributed by atoms with van der Waals surface area (Å²) in [4.78, 5) is 14.9. The van der Waals surface area contributed by atoms with Crippen molar-refractivity contribution in [2.75, 3.05) is 0 Å². The van der Waals surface area contributed by atoms with Gasteiger partial charge in [0.05, 0.1) is 22.5 Å². The van der Waals surface area contributed by atoms with Crippen LogP contribution in [-0.4, -0.2) is 15.0 Å². The van der Waals surface area contributed by atoms with Gasteiger partial charge in [-0.15, -0.1) is 0 Å². The molecule has 0 saturated carbocycles. The van der Waals surface area contributed by atoms with Gasteiger partial charge < -0.3 is 9.47 Å². The lowest BCUT2D eigenvalue weighted by Crippen LogP contribution is -2.28. The summed E-state index contributed by atoms with van der Waals surface area (Å²) in [6.07, 6.45) is 1.79. The highest BCUT2D eigenvalue weighted by Gasteiger charge is 2.48. The highest BCUT2D eigenvalue weighted by Crippen LogP contribution is 2.62. The summed E-state index contributed by atoms with van der Waals surface area (Å²) in [5.41, 5.74) is 12.6. The van der Waals surface area contributed by atoms with Crippen LogP contribution in [0.2, 0.25) is 0 Å². The van der Waals surface area contributed by atoms with Gasteiger partial charge in [-0.25, -0.2) is 9.97 Å². The molecule has 3 heterocycles. The Morgan fingerprint density at radius 2 is 1.02 bits per heavy atom. The quantitative estimate of drug-likeness (QED) is 0.170. The lowest BCUT2D eigenvalue weighted by atomic mass is 9.68. The summed E-state index contributed by atoms with van der Waals surface area (Å²) in [6.45, 7) is 0. The normalized spacial score (nSPS) is 13.0. The molecule has 0 unspecified atom stereocenters. The van der Waals surface area contributed by atoms with E-state index in [2.05, 4.69) is 138 Å². The molecule has 1 aliphatic carbocycles. The number of rotatable bonds is 6. The van der Waals surface area contributed by atoms with Crippen LogP contribution < -0.4 is 9.47 Å². The Kier molecular flexibility index (Phi) is 7.64. The molecular formula is C52H33N3O2. The highest BCUT2D eigenvalue weighted by atomic mass is 16.6. The van der Waals surface area contributed by atoms with Gasteiger partial charge in [-0.2, -0.15) is 0 Å². The second-order valence-electron chi connectivity index (χ2n) is 14.3. The van der Waals surface area contributed by atoms with Crippen LogP contribution in [0.3, 0.4) is 0 Å². The van der Waals surface area contributed by atoms with Crippen molar-refractivity contribution < 1.29 is 9.47 Å². The molecule has 0 saturated heterocycles. The van der Waals surface area contributed by atoms with E-state index in [1.54, 1.807) is 6.20 Å². The first-order valence-corrected chi connectivity index (χ1v) is 19.1. The van der Waals surface area contributed by atoms with Gasteiger partial charge in [0.15, 0.2) is 28.8 Å². The van der Waals surface area contributed by atoms with Crippen molar-refractivity contribution in [3.8, 4) is 79.3 Å². The molecule has 2 aromatic heterocycles. The zero-order valence-electron chi connectivity index (χ0n) is 30.7. The predicted molar refractivity (Wildman–Crippen MR) is 225 cm³/mol. The predicted octanol–water partition coefficient (Wildman–Crippen LogP) is 12.8. The van der Waals surface area contributed by atoms with E-state index in [0.717, 1.165) is 56.0 Å². The van der Waals surface area contributed by atoms with Crippen molar-refractivity contribution in [1.82, 2.24) is 15.0 Å². The third-order valence-corrected chi connectivity index (χ3v) is 11.1. The topological polar surface area (TPSA) is 57.1 Å². The van der Waals surface area contributed by atoms with Crippen LogP contribution in [0.15, 0.2) is 200 Å². The minimum Gasteiger partial charge on any atom is -0.449 e. The van der Waals surface area contributed by atoms with E-state index >= 15 is 0 Å². The molecule has 0 N–H and O–H groups in total. The molecule has 0 amide bonds. The molecule has 1 aliphatic heterocycles. The molecule has 2 aliphatic rings. The Hall–Kier alpha value is -7.63. The van der Waals surface area contributed by atoms with E-state index in [-0.39, 0.29) is 0 Å². The maximum absolute atomic E-state index is 7.04. The van der Waals surface area contributed by atoms with Gasteiger partial charge in [-0.3, -0.25) is 4.98 Å². The molecule has 5 nitrogen and oxygen atoms in total. The largest absolute Gasteiger partial charge is 0.449 e. The first kappa shape index (κ1) is 32.8. The van der Waals surface area contributed by atoms with Crippen LogP contribution >= 0.6 is 0 Å². The van der Waals surface area contributed by atoms with Gasteiger partial charge in [0, 0.05) is 22.9 Å². The van der Waals surface area contributed by atoms with Gasteiger partial charge in [-0.1, -0.05) is 158 Å². The van der Waals surface area contributed by atoms with E-state index in [1.807, 2.05) is 60.7 Å². The molecule has 9 aromatic rings. The van der Waals surface area contributed by atoms with Crippen LogP contribution in [-0.2, 0) is 5.41 Å². The minimum atomic E-state index is -0.545. The molecule has 0 spiro atoms. The van der Waals surface area contributed by atoms with Crippen molar-refractivity contribution in [2.45, 2.75) is 5.41 Å². The van der Waals surface area contributed by atoms with E-state index in [9.17, 15) is 0 Å². The monoisotopic (exact) mass is 731 g/mol. The Morgan fingerprint density at radius 1 is 0.386 bits per heavy atom. The Labute approximate surface area is 330 Å². The molecule has 5 heteroatoms. The summed E-state index contributed by atoms with van der Waals surface area (Å²) in [6, 6.07) is 67.0. The third-order valence-electron chi connectivity index (χ3n) is 11.1. The van der Waals surface area contributed by atoms with E-state index in [1.165, 1.54) is 16.7 Å². The van der Waals surface area contributed by atoms with Crippen molar-refractivity contribution in [1.29, 1.82) is 0 Å².